The van der Waals surface area contributed by atoms with Crippen LogP contribution in [0.3, 0.4) is 0 Å². The summed E-state index contributed by atoms with van der Waals surface area (Å²) >= 11 is 3.40. The van der Waals surface area contributed by atoms with Crippen molar-refractivity contribution in [3.63, 3.8) is 0 Å². The Balaban J connectivity index is 1.97. The normalized spacial score (nSPS) is 14.6. The maximum absolute atomic E-state index is 12.2. The lowest BCUT2D eigenvalue weighted by atomic mass is 10.2. The standard InChI is InChI=1S/C15H12BrNO2/c16-12-5-7-13(8-6-12)17-9-11-3-1-2-4-14(11)19-10-15(17)18/h1-8H,9-10H2. The highest BCUT2D eigenvalue weighted by molar-refractivity contribution is 9.10. The Kier molecular flexibility index (Phi) is 3.25. The van der Waals surface area contributed by atoms with Crippen LogP contribution < -0.4 is 9.64 Å². The van der Waals surface area contributed by atoms with E-state index >= 15 is 0 Å². The SMILES string of the molecule is O=C1COc2ccccc2CN1c1ccc(Br)cc1. The molecule has 0 radical (unpaired) electrons. The Morgan fingerprint density at radius 2 is 1.79 bits per heavy atom. The number of carbonyl (C=O) groups is 1. The number of para-hydroxylation sites is 1. The summed E-state index contributed by atoms with van der Waals surface area (Å²) in [5.41, 5.74) is 1.91. The van der Waals surface area contributed by atoms with Crippen LogP contribution in [0.2, 0.25) is 0 Å². The lowest BCUT2D eigenvalue weighted by Crippen LogP contribution is -2.32. The van der Waals surface area contributed by atoms with Gasteiger partial charge in [-0.25, -0.2) is 0 Å². The van der Waals surface area contributed by atoms with Crippen molar-refractivity contribution in [1.82, 2.24) is 0 Å². The predicted molar refractivity (Wildman–Crippen MR) is 77.3 cm³/mol. The van der Waals surface area contributed by atoms with Crippen LogP contribution >= 0.6 is 15.9 Å². The molecule has 96 valence electrons. The van der Waals surface area contributed by atoms with Crippen LogP contribution in [-0.4, -0.2) is 12.5 Å². The van der Waals surface area contributed by atoms with E-state index in [2.05, 4.69) is 15.9 Å². The van der Waals surface area contributed by atoms with Gasteiger partial charge >= 0.3 is 0 Å². The van der Waals surface area contributed by atoms with Crippen LogP contribution in [0.25, 0.3) is 0 Å². The summed E-state index contributed by atoms with van der Waals surface area (Å²) in [6.45, 7) is 0.615. The van der Waals surface area contributed by atoms with Gasteiger partial charge in [0, 0.05) is 15.7 Å². The van der Waals surface area contributed by atoms with Crippen LogP contribution in [-0.2, 0) is 11.3 Å². The molecule has 1 heterocycles. The number of carbonyl (C=O) groups excluding carboxylic acids is 1. The third-order valence-electron chi connectivity index (χ3n) is 3.09. The molecule has 4 heteroatoms. The Labute approximate surface area is 119 Å². The minimum absolute atomic E-state index is 0.0291. The molecule has 0 atom stereocenters. The van der Waals surface area contributed by atoms with Gasteiger partial charge in [0.2, 0.25) is 0 Å². The minimum Gasteiger partial charge on any atom is -0.483 e. The van der Waals surface area contributed by atoms with Gasteiger partial charge < -0.3 is 9.64 Å². The molecule has 0 unspecified atom stereocenters. The summed E-state index contributed by atoms with van der Waals surface area (Å²) < 4.78 is 6.53. The van der Waals surface area contributed by atoms with E-state index in [9.17, 15) is 4.79 Å². The molecule has 1 aliphatic rings. The molecule has 3 nitrogen and oxygen atoms in total. The highest BCUT2D eigenvalue weighted by Crippen LogP contribution is 2.27. The Morgan fingerprint density at radius 3 is 2.58 bits per heavy atom. The summed E-state index contributed by atoms with van der Waals surface area (Å²) in [4.78, 5) is 13.9. The maximum atomic E-state index is 12.2. The molecule has 0 aromatic heterocycles. The number of benzene rings is 2. The Bertz CT molecular complexity index is 610. The van der Waals surface area contributed by atoms with Crippen molar-refractivity contribution < 1.29 is 9.53 Å². The number of anilines is 1. The van der Waals surface area contributed by atoms with Gasteiger partial charge in [-0.15, -0.1) is 0 Å². The van der Waals surface area contributed by atoms with Gasteiger partial charge in [0.15, 0.2) is 6.61 Å². The number of amides is 1. The number of hydrogen-bond acceptors (Lipinski definition) is 2. The summed E-state index contributed by atoms with van der Waals surface area (Å²) in [7, 11) is 0. The van der Waals surface area contributed by atoms with E-state index < -0.39 is 0 Å². The van der Waals surface area contributed by atoms with E-state index in [4.69, 9.17) is 4.74 Å². The van der Waals surface area contributed by atoms with Crippen molar-refractivity contribution in [2.75, 3.05) is 11.5 Å². The van der Waals surface area contributed by atoms with Crippen molar-refractivity contribution in [2.24, 2.45) is 0 Å². The largest absolute Gasteiger partial charge is 0.483 e. The number of nitrogens with zero attached hydrogens (tertiary/aromatic N) is 1. The predicted octanol–water partition coefficient (Wildman–Crippen LogP) is 3.37. The minimum atomic E-state index is -0.0291. The second kappa shape index (κ2) is 5.05. The van der Waals surface area contributed by atoms with Crippen molar-refractivity contribution in [3.05, 3.63) is 58.6 Å². The van der Waals surface area contributed by atoms with Crippen LogP contribution in [0, 0.1) is 0 Å². The first-order valence-corrected chi connectivity index (χ1v) is 6.80. The molecular weight excluding hydrogens is 306 g/mol. The quantitative estimate of drug-likeness (QED) is 0.807. The Morgan fingerprint density at radius 1 is 1.05 bits per heavy atom. The molecule has 1 aliphatic heterocycles. The van der Waals surface area contributed by atoms with E-state index in [1.807, 2.05) is 48.5 Å². The van der Waals surface area contributed by atoms with Crippen LogP contribution in [0.15, 0.2) is 53.0 Å². The highest BCUT2D eigenvalue weighted by Gasteiger charge is 2.22. The second-order valence-electron chi connectivity index (χ2n) is 4.35. The smallest absolute Gasteiger partial charge is 0.265 e. The van der Waals surface area contributed by atoms with Crippen LogP contribution in [0.4, 0.5) is 5.69 Å². The van der Waals surface area contributed by atoms with Crippen molar-refractivity contribution in [1.29, 1.82) is 0 Å². The lowest BCUT2D eigenvalue weighted by Gasteiger charge is -2.20. The topological polar surface area (TPSA) is 29.5 Å². The molecule has 0 saturated heterocycles. The number of fused-ring (bicyclic) bond motifs is 1. The van der Waals surface area contributed by atoms with E-state index in [1.165, 1.54) is 0 Å². The summed E-state index contributed by atoms with van der Waals surface area (Å²) in [6, 6.07) is 15.5. The molecule has 0 aliphatic carbocycles. The van der Waals surface area contributed by atoms with E-state index in [1.54, 1.807) is 4.90 Å². The lowest BCUT2D eigenvalue weighted by molar-refractivity contribution is -0.120. The van der Waals surface area contributed by atoms with Crippen LogP contribution in [0.5, 0.6) is 5.75 Å². The molecule has 0 fully saturated rings. The van der Waals surface area contributed by atoms with Gasteiger partial charge in [0.25, 0.3) is 5.91 Å². The molecule has 0 bridgehead atoms. The summed E-state index contributed by atoms with van der Waals surface area (Å²) in [6.07, 6.45) is 0. The fourth-order valence-corrected chi connectivity index (χ4v) is 2.37. The highest BCUT2D eigenvalue weighted by atomic mass is 79.9. The van der Waals surface area contributed by atoms with Gasteiger partial charge in [-0.1, -0.05) is 34.1 Å². The number of halogens is 1. The first-order chi connectivity index (χ1) is 9.24. The van der Waals surface area contributed by atoms with Crippen molar-refractivity contribution in [2.45, 2.75) is 6.54 Å². The number of ether oxygens (including phenoxy) is 1. The van der Waals surface area contributed by atoms with Gasteiger partial charge in [-0.3, -0.25) is 4.79 Å². The molecular formula is C15H12BrNO2. The monoisotopic (exact) mass is 317 g/mol. The van der Waals surface area contributed by atoms with Gasteiger partial charge in [-0.05, 0) is 30.3 Å². The molecule has 0 spiro atoms. The van der Waals surface area contributed by atoms with E-state index in [0.717, 1.165) is 21.5 Å². The van der Waals surface area contributed by atoms with E-state index in [0.29, 0.717) is 6.54 Å². The average Bonchev–Trinajstić information content (AvgIpc) is 2.60. The summed E-state index contributed by atoms with van der Waals surface area (Å²) in [5, 5.41) is 0. The maximum Gasteiger partial charge on any atom is 0.265 e. The molecule has 2 aromatic rings. The van der Waals surface area contributed by atoms with Gasteiger partial charge in [-0.2, -0.15) is 0 Å². The molecule has 0 saturated carbocycles. The fourth-order valence-electron chi connectivity index (χ4n) is 2.11. The van der Waals surface area contributed by atoms with Gasteiger partial charge in [0.1, 0.15) is 5.75 Å². The van der Waals surface area contributed by atoms with Crippen LogP contribution in [0.1, 0.15) is 5.56 Å². The third kappa shape index (κ3) is 2.49. The zero-order valence-corrected chi connectivity index (χ0v) is 11.8. The van der Waals surface area contributed by atoms with Gasteiger partial charge in [0.05, 0.1) is 6.54 Å². The fraction of sp³-hybridized carbons (Fsp3) is 0.133. The van der Waals surface area contributed by atoms with Crippen molar-refractivity contribution >= 4 is 27.5 Å². The summed E-state index contributed by atoms with van der Waals surface area (Å²) in [5.74, 6) is 0.758. The first kappa shape index (κ1) is 12.2. The van der Waals surface area contributed by atoms with Crippen molar-refractivity contribution in [3.8, 4) is 5.75 Å². The molecule has 1 amide bonds. The molecule has 0 N–H and O–H groups in total. The Hall–Kier alpha value is -1.81. The average molecular weight is 318 g/mol. The molecule has 2 aromatic carbocycles. The molecule has 3 rings (SSSR count). The number of hydrogen-bond donors (Lipinski definition) is 0. The van der Waals surface area contributed by atoms with E-state index in [-0.39, 0.29) is 12.5 Å². The second-order valence-corrected chi connectivity index (χ2v) is 5.27. The third-order valence-corrected chi connectivity index (χ3v) is 3.62. The zero-order chi connectivity index (χ0) is 13.2. The zero-order valence-electron chi connectivity index (χ0n) is 10.2. The number of rotatable bonds is 1. The molecule has 19 heavy (non-hydrogen) atoms. The first-order valence-electron chi connectivity index (χ1n) is 6.01.